The van der Waals surface area contributed by atoms with E-state index in [2.05, 4.69) is 38.1 Å². The Balaban J connectivity index is 0.000000718. The lowest BCUT2D eigenvalue weighted by molar-refractivity contribution is 0.324. The number of phenols is 2. The van der Waals surface area contributed by atoms with Gasteiger partial charge in [0.25, 0.3) is 0 Å². The van der Waals surface area contributed by atoms with Crippen LogP contribution in [0.5, 0.6) is 11.5 Å². The van der Waals surface area contributed by atoms with Crippen molar-refractivity contribution in [3.63, 3.8) is 0 Å². The van der Waals surface area contributed by atoms with Gasteiger partial charge in [-0.15, -0.1) is 0 Å². The van der Waals surface area contributed by atoms with Crippen LogP contribution >= 0.6 is 17.2 Å². The van der Waals surface area contributed by atoms with Crippen molar-refractivity contribution in [2.75, 3.05) is 0 Å². The van der Waals surface area contributed by atoms with Crippen LogP contribution in [0, 0.1) is 5.92 Å². The van der Waals surface area contributed by atoms with Crippen LogP contribution in [0.25, 0.3) is 0 Å². The zero-order valence-corrected chi connectivity index (χ0v) is 22.3. The average Bonchev–Trinajstić information content (AvgIpc) is 2.72. The van der Waals surface area contributed by atoms with Crippen LogP contribution in [0.1, 0.15) is 82.9 Å². The van der Waals surface area contributed by atoms with Gasteiger partial charge in [-0.05, 0) is 36.5 Å². The predicted molar refractivity (Wildman–Crippen MR) is 138 cm³/mol. The van der Waals surface area contributed by atoms with Gasteiger partial charge in [0.1, 0.15) is 11.5 Å². The van der Waals surface area contributed by atoms with Crippen molar-refractivity contribution in [3.05, 3.63) is 59.2 Å². The number of rotatable bonds is 12. The molecule has 0 aliphatic heterocycles. The highest BCUT2D eigenvalue weighted by Crippen LogP contribution is 2.43. The van der Waals surface area contributed by atoms with Crippen molar-refractivity contribution in [1.82, 2.24) is 0 Å². The fourth-order valence-electron chi connectivity index (χ4n) is 4.12. The third-order valence-corrected chi connectivity index (χ3v) is 6.87. The number of phenolic OH excluding ortho intramolecular Hbond substituents is 2. The summed E-state index contributed by atoms with van der Waals surface area (Å²) < 4.78 is 3.60. The largest absolute Gasteiger partial charge is 0.508 e. The van der Waals surface area contributed by atoms with E-state index in [4.69, 9.17) is 19.6 Å². The van der Waals surface area contributed by atoms with Gasteiger partial charge in [-0.25, -0.2) is 4.31 Å². The fourth-order valence-corrected chi connectivity index (χ4v) is 4.64. The number of para-hydroxylation sites is 1. The Hall–Kier alpha value is -1.30. The molecule has 192 valence electrons. The van der Waals surface area contributed by atoms with Crippen molar-refractivity contribution >= 4 is 17.2 Å². The summed E-state index contributed by atoms with van der Waals surface area (Å²) in [4.78, 5) is 31.3. The first-order valence-electron chi connectivity index (χ1n) is 11.6. The van der Waals surface area contributed by atoms with Crippen LogP contribution in [0.2, 0.25) is 0 Å². The minimum absolute atomic E-state index is 0.279. The SMILES string of the molecule is CC(C)CCCCCCCc1cccc(O)c1C(C)(C)c1ccccc1O.OP(O)OP(O)O. The Labute approximate surface area is 206 Å². The summed E-state index contributed by atoms with van der Waals surface area (Å²) in [5.41, 5.74) is 2.52. The predicted octanol–water partition coefficient (Wildman–Crippen LogP) is 6.39. The molecule has 0 bridgehead atoms. The molecule has 2 aromatic rings. The molecular formula is C25H40O7P2. The molecular weight excluding hydrogens is 474 g/mol. The van der Waals surface area contributed by atoms with Gasteiger partial charge in [0.2, 0.25) is 0 Å². The van der Waals surface area contributed by atoms with Gasteiger partial charge < -0.3 is 29.8 Å². The average molecular weight is 515 g/mol. The Morgan fingerprint density at radius 2 is 1.32 bits per heavy atom. The fraction of sp³-hybridized carbons (Fsp3) is 0.520. The van der Waals surface area contributed by atoms with E-state index in [9.17, 15) is 10.2 Å². The van der Waals surface area contributed by atoms with E-state index in [0.717, 1.165) is 29.9 Å². The molecule has 0 aliphatic carbocycles. The smallest absolute Gasteiger partial charge is 0.334 e. The van der Waals surface area contributed by atoms with Crippen LogP contribution in [0.3, 0.4) is 0 Å². The summed E-state index contributed by atoms with van der Waals surface area (Å²) in [5.74, 6) is 1.40. The van der Waals surface area contributed by atoms with E-state index >= 15 is 0 Å². The number of aryl methyl sites for hydroxylation is 1. The maximum absolute atomic E-state index is 10.6. The highest BCUT2D eigenvalue weighted by molar-refractivity contribution is 7.53. The topological polar surface area (TPSA) is 131 Å². The van der Waals surface area contributed by atoms with Gasteiger partial charge in [-0.1, -0.05) is 90.1 Å². The number of unbranched alkanes of at least 4 members (excludes halogenated alkanes) is 4. The lowest BCUT2D eigenvalue weighted by Crippen LogP contribution is -2.21. The van der Waals surface area contributed by atoms with Gasteiger partial charge in [0.15, 0.2) is 0 Å². The van der Waals surface area contributed by atoms with E-state index < -0.39 is 22.6 Å². The molecule has 0 aliphatic rings. The molecule has 0 saturated heterocycles. The van der Waals surface area contributed by atoms with E-state index in [0.29, 0.717) is 5.75 Å². The first kappa shape index (κ1) is 30.7. The standard InChI is InChI=1S/C25H36O2.H4O5P2/c1-19(2)13-8-6-5-7-9-14-20-15-12-18-23(27)24(20)25(3,4)21-16-10-11-17-22(21)26;1-6(2)5-7(3)4/h10-12,15-19,26-27H,5-9,13-14H2,1-4H3;1-4H. The lowest BCUT2D eigenvalue weighted by atomic mass is 9.74. The first-order chi connectivity index (χ1) is 16.0. The maximum atomic E-state index is 10.6. The molecule has 0 aromatic heterocycles. The molecule has 9 heteroatoms. The Morgan fingerprint density at radius 1 is 0.765 bits per heavy atom. The third kappa shape index (κ3) is 11.0. The molecule has 7 nitrogen and oxygen atoms in total. The van der Waals surface area contributed by atoms with Crippen molar-refractivity contribution in [2.24, 2.45) is 5.92 Å². The highest BCUT2D eigenvalue weighted by Gasteiger charge is 2.30. The van der Waals surface area contributed by atoms with Crippen LogP contribution in [-0.4, -0.2) is 29.8 Å². The van der Waals surface area contributed by atoms with Crippen LogP contribution < -0.4 is 0 Å². The second kappa shape index (κ2) is 15.6. The van der Waals surface area contributed by atoms with Crippen LogP contribution in [-0.2, 0) is 16.1 Å². The molecule has 0 spiro atoms. The molecule has 0 heterocycles. The van der Waals surface area contributed by atoms with Gasteiger partial charge in [0, 0.05) is 16.5 Å². The normalized spacial score (nSPS) is 11.7. The molecule has 0 fully saturated rings. The number of benzene rings is 2. The number of hydrogen-bond donors (Lipinski definition) is 6. The van der Waals surface area contributed by atoms with Crippen LogP contribution in [0.15, 0.2) is 42.5 Å². The molecule has 0 atom stereocenters. The Morgan fingerprint density at radius 3 is 1.88 bits per heavy atom. The summed E-state index contributed by atoms with van der Waals surface area (Å²) in [6.45, 7) is 8.73. The van der Waals surface area contributed by atoms with Crippen molar-refractivity contribution in [1.29, 1.82) is 0 Å². The number of hydrogen-bond acceptors (Lipinski definition) is 7. The van der Waals surface area contributed by atoms with Gasteiger partial charge in [0.05, 0.1) is 0 Å². The second-order valence-electron chi connectivity index (χ2n) is 9.24. The lowest BCUT2D eigenvalue weighted by Gasteiger charge is -2.30. The molecule has 0 saturated carbocycles. The van der Waals surface area contributed by atoms with E-state index in [1.54, 1.807) is 12.1 Å². The molecule has 34 heavy (non-hydrogen) atoms. The molecule has 2 rings (SSSR count). The van der Waals surface area contributed by atoms with Gasteiger partial charge in [-0.2, -0.15) is 0 Å². The van der Waals surface area contributed by atoms with Crippen LogP contribution in [0.4, 0.5) is 0 Å². The monoisotopic (exact) mass is 514 g/mol. The van der Waals surface area contributed by atoms with Crippen molar-refractivity contribution in [3.8, 4) is 11.5 Å². The summed E-state index contributed by atoms with van der Waals surface area (Å²) in [6.07, 6.45) is 8.57. The second-order valence-corrected chi connectivity index (χ2v) is 10.9. The molecule has 0 unspecified atom stereocenters. The molecule has 2 aromatic carbocycles. The van der Waals surface area contributed by atoms with E-state index in [-0.39, 0.29) is 5.75 Å². The summed E-state index contributed by atoms with van der Waals surface area (Å²) in [5, 5.41) is 21.0. The maximum Gasteiger partial charge on any atom is 0.334 e. The third-order valence-electron chi connectivity index (χ3n) is 5.70. The molecule has 0 radical (unpaired) electrons. The summed E-state index contributed by atoms with van der Waals surface area (Å²) in [7, 11) is -5.22. The minimum atomic E-state index is -2.61. The molecule has 0 amide bonds. The zero-order chi connectivity index (χ0) is 25.7. The highest BCUT2D eigenvalue weighted by atomic mass is 31.2. The van der Waals surface area contributed by atoms with Gasteiger partial charge in [-0.3, -0.25) is 0 Å². The van der Waals surface area contributed by atoms with Crippen molar-refractivity contribution < 1.29 is 34.1 Å². The van der Waals surface area contributed by atoms with E-state index in [1.165, 1.54) is 37.7 Å². The molecule has 6 N–H and O–H groups in total. The zero-order valence-electron chi connectivity index (χ0n) is 20.6. The van der Waals surface area contributed by atoms with Crippen molar-refractivity contribution in [2.45, 2.75) is 78.1 Å². The summed E-state index contributed by atoms with van der Waals surface area (Å²) in [6, 6.07) is 13.2. The first-order valence-corrected chi connectivity index (χ1v) is 13.9. The van der Waals surface area contributed by atoms with Gasteiger partial charge >= 0.3 is 17.2 Å². The van der Waals surface area contributed by atoms with E-state index in [1.807, 2.05) is 24.3 Å². The number of aromatic hydroxyl groups is 2. The quantitative estimate of drug-likeness (QED) is 0.143. The minimum Gasteiger partial charge on any atom is -0.508 e. The summed E-state index contributed by atoms with van der Waals surface area (Å²) >= 11 is 0. The Kier molecular flexibility index (Phi) is 14.1. The Bertz CT molecular complexity index is 836.